The first kappa shape index (κ1) is 18.8. The molecular formula is C17H14F5N5. The number of halogens is 5. The maximum Gasteiger partial charge on any atom is 0.458 e. The fourth-order valence-electron chi connectivity index (χ4n) is 2.75. The highest BCUT2D eigenvalue weighted by molar-refractivity contribution is 5.46. The van der Waals surface area contributed by atoms with Crippen molar-refractivity contribution in [3.05, 3.63) is 47.8 Å². The van der Waals surface area contributed by atoms with Gasteiger partial charge in [-0.25, -0.2) is 9.97 Å². The van der Waals surface area contributed by atoms with Gasteiger partial charge in [-0.1, -0.05) is 6.07 Å². The molecule has 2 aromatic rings. The van der Waals surface area contributed by atoms with Crippen molar-refractivity contribution in [3.8, 4) is 6.07 Å². The molecular weight excluding hydrogens is 369 g/mol. The molecule has 142 valence electrons. The highest BCUT2D eigenvalue weighted by Gasteiger charge is 2.58. The van der Waals surface area contributed by atoms with E-state index in [4.69, 9.17) is 5.26 Å². The Morgan fingerprint density at radius 3 is 2.04 bits per heavy atom. The zero-order valence-electron chi connectivity index (χ0n) is 13.9. The number of piperazine rings is 1. The predicted octanol–water partition coefficient (Wildman–Crippen LogP) is 3.33. The number of alkyl halides is 5. The Morgan fingerprint density at radius 2 is 1.52 bits per heavy atom. The van der Waals surface area contributed by atoms with Crippen molar-refractivity contribution in [2.24, 2.45) is 0 Å². The molecule has 10 heteroatoms. The van der Waals surface area contributed by atoms with Gasteiger partial charge in [-0.2, -0.15) is 27.2 Å². The molecule has 3 heterocycles. The van der Waals surface area contributed by atoms with Crippen LogP contribution >= 0.6 is 0 Å². The van der Waals surface area contributed by atoms with Gasteiger partial charge in [0.25, 0.3) is 0 Å². The second-order valence-corrected chi connectivity index (χ2v) is 5.94. The van der Waals surface area contributed by atoms with Gasteiger partial charge in [-0.15, -0.1) is 0 Å². The Balaban J connectivity index is 1.67. The summed E-state index contributed by atoms with van der Waals surface area (Å²) in [5.74, 6) is -3.95. The van der Waals surface area contributed by atoms with Gasteiger partial charge in [0.15, 0.2) is 0 Å². The van der Waals surface area contributed by atoms with Crippen molar-refractivity contribution in [3.63, 3.8) is 0 Å². The molecule has 0 N–H and O–H groups in total. The van der Waals surface area contributed by atoms with Crippen LogP contribution in [0.2, 0.25) is 0 Å². The molecule has 1 fully saturated rings. The van der Waals surface area contributed by atoms with Crippen LogP contribution in [0.4, 0.5) is 33.6 Å². The SMILES string of the molecule is N#Cc1cccc(N2CCN(c3ccc(C(F)(F)C(F)(F)F)cn3)CC2)n1. The average molecular weight is 383 g/mol. The van der Waals surface area contributed by atoms with Crippen LogP contribution in [-0.2, 0) is 5.92 Å². The Kier molecular flexibility index (Phi) is 4.87. The van der Waals surface area contributed by atoms with Gasteiger partial charge < -0.3 is 9.80 Å². The first-order valence-corrected chi connectivity index (χ1v) is 8.00. The third-order valence-electron chi connectivity index (χ3n) is 4.24. The monoisotopic (exact) mass is 383 g/mol. The molecule has 27 heavy (non-hydrogen) atoms. The van der Waals surface area contributed by atoms with E-state index in [1.807, 2.05) is 11.0 Å². The van der Waals surface area contributed by atoms with E-state index in [-0.39, 0.29) is 0 Å². The third-order valence-corrected chi connectivity index (χ3v) is 4.24. The van der Waals surface area contributed by atoms with Gasteiger partial charge in [0.1, 0.15) is 23.4 Å². The highest BCUT2D eigenvalue weighted by atomic mass is 19.4. The third kappa shape index (κ3) is 3.77. The van der Waals surface area contributed by atoms with Crippen molar-refractivity contribution in [2.75, 3.05) is 36.0 Å². The predicted molar refractivity (Wildman–Crippen MR) is 87.6 cm³/mol. The van der Waals surface area contributed by atoms with E-state index in [1.165, 1.54) is 6.07 Å². The standard InChI is InChI=1S/C17H14F5N5/c18-16(19,17(20,21)22)12-4-5-14(24-11-12)26-6-8-27(9-7-26)15-3-1-2-13(10-23)25-15/h1-5,11H,6-9H2. The van der Waals surface area contributed by atoms with Gasteiger partial charge in [-0.3, -0.25) is 0 Å². The topological polar surface area (TPSA) is 56.1 Å². The lowest BCUT2D eigenvalue weighted by Crippen LogP contribution is -2.47. The first-order chi connectivity index (χ1) is 12.7. The lowest BCUT2D eigenvalue weighted by atomic mass is 10.1. The van der Waals surface area contributed by atoms with Crippen LogP contribution in [0, 0.1) is 11.3 Å². The number of rotatable bonds is 3. The molecule has 1 saturated heterocycles. The smallest absolute Gasteiger partial charge is 0.353 e. The van der Waals surface area contributed by atoms with Crippen molar-refractivity contribution in [2.45, 2.75) is 12.1 Å². The number of pyridine rings is 2. The summed E-state index contributed by atoms with van der Waals surface area (Å²) in [4.78, 5) is 11.7. The van der Waals surface area contributed by atoms with E-state index in [9.17, 15) is 22.0 Å². The minimum absolute atomic E-state index is 0.303. The van der Waals surface area contributed by atoms with Crippen LogP contribution in [0.15, 0.2) is 36.5 Å². The fourth-order valence-corrected chi connectivity index (χ4v) is 2.75. The van der Waals surface area contributed by atoms with Gasteiger partial charge in [0.2, 0.25) is 0 Å². The summed E-state index contributed by atoms with van der Waals surface area (Å²) in [5, 5.41) is 8.91. The average Bonchev–Trinajstić information content (AvgIpc) is 2.67. The molecule has 0 atom stereocenters. The normalized spacial score (nSPS) is 15.6. The molecule has 2 aromatic heterocycles. The molecule has 0 unspecified atom stereocenters. The molecule has 0 aliphatic carbocycles. The fraction of sp³-hybridized carbons (Fsp3) is 0.353. The van der Waals surface area contributed by atoms with Crippen molar-refractivity contribution >= 4 is 11.6 Å². The van der Waals surface area contributed by atoms with Crippen LogP contribution in [0.25, 0.3) is 0 Å². The summed E-state index contributed by atoms with van der Waals surface area (Å²) in [7, 11) is 0. The van der Waals surface area contributed by atoms with Crippen molar-refractivity contribution in [1.82, 2.24) is 9.97 Å². The Bertz CT molecular complexity index is 836. The van der Waals surface area contributed by atoms with E-state index in [2.05, 4.69) is 9.97 Å². The second-order valence-electron chi connectivity index (χ2n) is 5.94. The quantitative estimate of drug-likeness (QED) is 0.761. The molecule has 0 saturated carbocycles. The van der Waals surface area contributed by atoms with Gasteiger partial charge >= 0.3 is 12.1 Å². The second kappa shape index (κ2) is 6.98. The number of aromatic nitrogens is 2. The summed E-state index contributed by atoms with van der Waals surface area (Å²) in [6.07, 6.45) is -5.10. The largest absolute Gasteiger partial charge is 0.458 e. The lowest BCUT2D eigenvalue weighted by molar-refractivity contribution is -0.289. The maximum absolute atomic E-state index is 13.3. The van der Waals surface area contributed by atoms with E-state index >= 15 is 0 Å². The van der Waals surface area contributed by atoms with Crippen molar-refractivity contribution in [1.29, 1.82) is 5.26 Å². The zero-order chi connectivity index (χ0) is 19.7. The molecule has 0 aromatic carbocycles. The molecule has 0 spiro atoms. The summed E-state index contributed by atoms with van der Waals surface area (Å²) in [5.41, 5.74) is -0.882. The van der Waals surface area contributed by atoms with Crippen LogP contribution in [0.5, 0.6) is 0 Å². The van der Waals surface area contributed by atoms with E-state index in [0.29, 0.717) is 49.7 Å². The zero-order valence-corrected chi connectivity index (χ0v) is 13.9. The first-order valence-electron chi connectivity index (χ1n) is 8.00. The minimum Gasteiger partial charge on any atom is -0.353 e. The molecule has 0 amide bonds. The van der Waals surface area contributed by atoms with Crippen molar-refractivity contribution < 1.29 is 22.0 Å². The maximum atomic E-state index is 13.3. The summed E-state index contributed by atoms with van der Waals surface area (Å²) in [6.45, 7) is 2.06. The van der Waals surface area contributed by atoms with Gasteiger partial charge in [0, 0.05) is 37.9 Å². The van der Waals surface area contributed by atoms with Crippen LogP contribution in [0.1, 0.15) is 11.3 Å². The summed E-state index contributed by atoms with van der Waals surface area (Å²) < 4.78 is 63.9. The molecule has 3 rings (SSSR count). The number of nitriles is 1. The molecule has 0 radical (unpaired) electrons. The summed E-state index contributed by atoms with van der Waals surface area (Å²) >= 11 is 0. The van der Waals surface area contributed by atoms with Crippen LogP contribution in [-0.4, -0.2) is 42.3 Å². The highest BCUT2D eigenvalue weighted by Crippen LogP contribution is 2.43. The van der Waals surface area contributed by atoms with E-state index in [1.54, 1.807) is 23.1 Å². The lowest BCUT2D eigenvalue weighted by Gasteiger charge is -2.36. The molecule has 1 aliphatic rings. The number of hydrogen-bond donors (Lipinski definition) is 0. The van der Waals surface area contributed by atoms with Crippen LogP contribution < -0.4 is 9.80 Å². The minimum atomic E-state index is -5.66. The Hall–Kier alpha value is -2.96. The summed E-state index contributed by atoms with van der Waals surface area (Å²) in [6, 6.07) is 9.00. The number of anilines is 2. The Labute approximate surface area is 151 Å². The van der Waals surface area contributed by atoms with Gasteiger partial charge in [-0.05, 0) is 24.3 Å². The van der Waals surface area contributed by atoms with Crippen LogP contribution in [0.3, 0.4) is 0 Å². The van der Waals surface area contributed by atoms with E-state index < -0.39 is 17.7 Å². The molecule has 1 aliphatic heterocycles. The van der Waals surface area contributed by atoms with Gasteiger partial charge in [0.05, 0.1) is 0 Å². The van der Waals surface area contributed by atoms with E-state index in [0.717, 1.165) is 6.07 Å². The number of hydrogen-bond acceptors (Lipinski definition) is 5. The number of nitrogens with zero attached hydrogens (tertiary/aromatic N) is 5. The Morgan fingerprint density at radius 1 is 0.889 bits per heavy atom. The molecule has 5 nitrogen and oxygen atoms in total. The molecule has 0 bridgehead atoms.